The second kappa shape index (κ2) is 8.07. The SMILES string of the molecule is Cc1ccc(S(=O)(=O)OCOCOS(=O)(=O)c2ccc(C)cc2)cc1. The highest BCUT2D eigenvalue weighted by atomic mass is 32.2. The van der Waals surface area contributed by atoms with Gasteiger partial charge in [0.05, 0.1) is 9.79 Å². The smallest absolute Gasteiger partial charge is 0.299 e. The van der Waals surface area contributed by atoms with E-state index in [0.717, 1.165) is 11.1 Å². The third kappa shape index (κ3) is 5.62. The zero-order valence-electron chi connectivity index (χ0n) is 13.7. The molecule has 7 nitrogen and oxygen atoms in total. The molecular formula is C16H18O7S2. The molecule has 136 valence electrons. The van der Waals surface area contributed by atoms with Crippen molar-refractivity contribution >= 4 is 20.2 Å². The molecule has 0 bridgehead atoms. The number of aryl methyl sites for hydroxylation is 2. The minimum absolute atomic E-state index is 0.0186. The van der Waals surface area contributed by atoms with Gasteiger partial charge in [-0.3, -0.25) is 0 Å². The standard InChI is InChI=1S/C16H18O7S2/c1-13-3-7-15(8-4-13)24(17,18)22-11-21-12-23-25(19,20)16-9-5-14(2)6-10-16/h3-10H,11-12H2,1-2H3. The molecule has 0 aliphatic rings. The number of hydrogen-bond donors (Lipinski definition) is 0. The molecule has 0 aliphatic carbocycles. The van der Waals surface area contributed by atoms with Gasteiger partial charge in [0.25, 0.3) is 20.2 Å². The Morgan fingerprint density at radius 2 is 0.960 bits per heavy atom. The van der Waals surface area contributed by atoms with Gasteiger partial charge >= 0.3 is 0 Å². The lowest BCUT2D eigenvalue weighted by molar-refractivity contribution is -0.0484. The molecule has 0 heterocycles. The molecule has 9 heteroatoms. The topological polar surface area (TPSA) is 96.0 Å². The van der Waals surface area contributed by atoms with E-state index < -0.39 is 33.8 Å². The minimum atomic E-state index is -3.98. The van der Waals surface area contributed by atoms with Gasteiger partial charge in [-0.15, -0.1) is 0 Å². The molecule has 0 unspecified atom stereocenters. The van der Waals surface area contributed by atoms with Crippen LogP contribution in [-0.2, 0) is 33.3 Å². The molecule has 2 aromatic carbocycles. The van der Waals surface area contributed by atoms with E-state index in [1.165, 1.54) is 24.3 Å². The summed E-state index contributed by atoms with van der Waals surface area (Å²) in [5.41, 5.74) is 1.81. The number of hydrogen-bond acceptors (Lipinski definition) is 7. The van der Waals surface area contributed by atoms with Gasteiger partial charge in [0, 0.05) is 0 Å². The van der Waals surface area contributed by atoms with Crippen LogP contribution in [0.3, 0.4) is 0 Å². The van der Waals surface area contributed by atoms with Crippen molar-refractivity contribution in [3.8, 4) is 0 Å². The maximum Gasteiger partial charge on any atom is 0.299 e. The van der Waals surface area contributed by atoms with E-state index in [1.54, 1.807) is 24.3 Å². The monoisotopic (exact) mass is 386 g/mol. The normalized spacial score (nSPS) is 12.2. The number of ether oxygens (including phenoxy) is 1. The second-order valence-corrected chi connectivity index (χ2v) is 8.44. The third-order valence-electron chi connectivity index (χ3n) is 3.19. The van der Waals surface area contributed by atoms with Crippen molar-refractivity contribution < 1.29 is 29.9 Å². The van der Waals surface area contributed by atoms with Gasteiger partial charge < -0.3 is 4.74 Å². The molecule has 0 aromatic heterocycles. The zero-order valence-corrected chi connectivity index (χ0v) is 15.3. The summed E-state index contributed by atoms with van der Waals surface area (Å²) in [7, 11) is -7.96. The summed E-state index contributed by atoms with van der Waals surface area (Å²) in [4.78, 5) is -0.0372. The van der Waals surface area contributed by atoms with E-state index in [4.69, 9.17) is 4.74 Å². The lowest BCUT2D eigenvalue weighted by Gasteiger charge is -2.08. The Labute approximate surface area is 147 Å². The molecule has 0 saturated carbocycles. The molecule has 2 rings (SSSR count). The van der Waals surface area contributed by atoms with E-state index >= 15 is 0 Å². The Morgan fingerprint density at radius 1 is 0.640 bits per heavy atom. The van der Waals surface area contributed by atoms with Crippen molar-refractivity contribution in [2.45, 2.75) is 23.6 Å². The van der Waals surface area contributed by atoms with Crippen LogP contribution in [0.25, 0.3) is 0 Å². The Kier molecular flexibility index (Phi) is 6.31. The average molecular weight is 386 g/mol. The number of benzene rings is 2. The molecule has 0 saturated heterocycles. The first-order valence-corrected chi connectivity index (χ1v) is 10.0. The van der Waals surface area contributed by atoms with Gasteiger partial charge in [-0.25, -0.2) is 8.37 Å². The van der Waals surface area contributed by atoms with Crippen LogP contribution in [0.15, 0.2) is 58.3 Å². The lowest BCUT2D eigenvalue weighted by atomic mass is 10.2. The van der Waals surface area contributed by atoms with Crippen molar-refractivity contribution in [3.63, 3.8) is 0 Å². The maximum absolute atomic E-state index is 11.9. The zero-order chi connectivity index (χ0) is 18.5. The van der Waals surface area contributed by atoms with E-state index in [1.807, 2.05) is 13.8 Å². The van der Waals surface area contributed by atoms with Gasteiger partial charge in [-0.05, 0) is 38.1 Å². The molecule has 0 N–H and O–H groups in total. The lowest BCUT2D eigenvalue weighted by Crippen LogP contribution is -2.14. The summed E-state index contributed by atoms with van der Waals surface area (Å²) in [6.45, 7) is 2.32. The van der Waals surface area contributed by atoms with Crippen molar-refractivity contribution in [1.29, 1.82) is 0 Å². The van der Waals surface area contributed by atoms with E-state index in [9.17, 15) is 16.8 Å². The Hall–Kier alpha value is -1.78. The Morgan fingerprint density at radius 3 is 1.28 bits per heavy atom. The van der Waals surface area contributed by atoms with Crippen LogP contribution < -0.4 is 0 Å². The van der Waals surface area contributed by atoms with Crippen LogP contribution >= 0.6 is 0 Å². The predicted octanol–water partition coefficient (Wildman–Crippen LogP) is 2.35. The summed E-state index contributed by atoms with van der Waals surface area (Å²) in [5, 5.41) is 0. The fraction of sp³-hybridized carbons (Fsp3) is 0.250. The van der Waals surface area contributed by atoms with Gasteiger partial charge in [-0.1, -0.05) is 35.4 Å². The highest BCUT2D eigenvalue weighted by molar-refractivity contribution is 7.87. The maximum atomic E-state index is 11.9. The summed E-state index contributed by atoms with van der Waals surface area (Å²) in [5.74, 6) is 0. The third-order valence-corrected chi connectivity index (χ3v) is 5.70. The van der Waals surface area contributed by atoms with Gasteiger partial charge in [-0.2, -0.15) is 16.8 Å². The average Bonchev–Trinajstić information content (AvgIpc) is 2.55. The van der Waals surface area contributed by atoms with E-state index in [0.29, 0.717) is 0 Å². The molecule has 0 aliphatic heterocycles. The minimum Gasteiger partial charge on any atom is -0.327 e. The molecule has 25 heavy (non-hydrogen) atoms. The Bertz CT molecular complexity index is 822. The summed E-state index contributed by atoms with van der Waals surface area (Å²) in [6.07, 6.45) is 0. The molecular weight excluding hydrogens is 368 g/mol. The molecule has 2 aromatic rings. The fourth-order valence-corrected chi connectivity index (χ4v) is 3.38. The molecule has 0 radical (unpaired) electrons. The molecule has 0 atom stereocenters. The van der Waals surface area contributed by atoms with Crippen molar-refractivity contribution in [2.75, 3.05) is 13.6 Å². The Balaban J connectivity index is 1.83. The largest absolute Gasteiger partial charge is 0.327 e. The van der Waals surface area contributed by atoms with Gasteiger partial charge in [0.2, 0.25) is 0 Å². The summed E-state index contributed by atoms with van der Waals surface area (Å²) in [6, 6.07) is 12.2. The van der Waals surface area contributed by atoms with Crippen LogP contribution in [0.5, 0.6) is 0 Å². The first-order chi connectivity index (χ1) is 11.7. The number of rotatable bonds is 8. The van der Waals surface area contributed by atoms with E-state index in [-0.39, 0.29) is 9.79 Å². The highest BCUT2D eigenvalue weighted by Crippen LogP contribution is 2.14. The fourth-order valence-electron chi connectivity index (χ4n) is 1.77. The predicted molar refractivity (Wildman–Crippen MR) is 89.7 cm³/mol. The summed E-state index contributed by atoms with van der Waals surface area (Å²) < 4.78 is 61.7. The second-order valence-electron chi connectivity index (χ2n) is 5.21. The van der Waals surface area contributed by atoms with Crippen LogP contribution in [-0.4, -0.2) is 30.4 Å². The quantitative estimate of drug-likeness (QED) is 0.390. The van der Waals surface area contributed by atoms with Gasteiger partial charge in [0.15, 0.2) is 13.6 Å². The van der Waals surface area contributed by atoms with Crippen LogP contribution in [0, 0.1) is 13.8 Å². The molecule has 0 spiro atoms. The van der Waals surface area contributed by atoms with Crippen molar-refractivity contribution in [2.24, 2.45) is 0 Å². The summed E-state index contributed by atoms with van der Waals surface area (Å²) >= 11 is 0. The van der Waals surface area contributed by atoms with Gasteiger partial charge in [0.1, 0.15) is 0 Å². The molecule has 0 fully saturated rings. The van der Waals surface area contributed by atoms with Crippen LogP contribution in [0.4, 0.5) is 0 Å². The van der Waals surface area contributed by atoms with Crippen LogP contribution in [0.1, 0.15) is 11.1 Å². The van der Waals surface area contributed by atoms with E-state index in [2.05, 4.69) is 8.37 Å². The van der Waals surface area contributed by atoms with Crippen molar-refractivity contribution in [3.05, 3.63) is 59.7 Å². The molecule has 0 amide bonds. The first-order valence-electron chi connectivity index (χ1n) is 7.21. The first kappa shape index (κ1) is 19.5. The van der Waals surface area contributed by atoms with Crippen molar-refractivity contribution in [1.82, 2.24) is 0 Å². The van der Waals surface area contributed by atoms with Crippen LogP contribution in [0.2, 0.25) is 0 Å². The highest BCUT2D eigenvalue weighted by Gasteiger charge is 2.17.